The highest BCUT2D eigenvalue weighted by Gasteiger charge is 2.32. The van der Waals surface area contributed by atoms with Crippen LogP contribution in [0.15, 0.2) is 40.9 Å². The lowest BCUT2D eigenvalue weighted by Gasteiger charge is -2.18. The van der Waals surface area contributed by atoms with Gasteiger partial charge < -0.3 is 4.90 Å². The molecule has 1 aliphatic carbocycles. The Morgan fingerprint density at radius 2 is 1.61 bits per heavy atom. The molecule has 1 saturated heterocycles. The maximum atomic E-state index is 3.49. The Bertz CT molecular complexity index is 407. The van der Waals surface area contributed by atoms with Crippen LogP contribution in [0.25, 0.3) is 0 Å². The fourth-order valence-electron chi connectivity index (χ4n) is 3.23. The summed E-state index contributed by atoms with van der Waals surface area (Å²) in [4.78, 5) is 2.66. The molecule has 18 heavy (non-hydrogen) atoms. The van der Waals surface area contributed by atoms with E-state index >= 15 is 0 Å². The van der Waals surface area contributed by atoms with Crippen molar-refractivity contribution in [2.75, 3.05) is 19.6 Å². The quantitative estimate of drug-likeness (QED) is 0.766. The maximum Gasteiger partial charge on any atom is 0.0175 e. The van der Waals surface area contributed by atoms with Gasteiger partial charge in [-0.1, -0.05) is 40.2 Å². The highest BCUT2D eigenvalue weighted by Crippen LogP contribution is 2.32. The molecule has 2 aliphatic rings. The second-order valence-electron chi connectivity index (χ2n) is 5.60. The van der Waals surface area contributed by atoms with Crippen molar-refractivity contribution in [3.8, 4) is 0 Å². The van der Waals surface area contributed by atoms with Crippen LogP contribution in [0.1, 0.15) is 18.4 Å². The van der Waals surface area contributed by atoms with Gasteiger partial charge in [0.25, 0.3) is 0 Å². The minimum Gasteiger partial charge on any atom is -0.302 e. The smallest absolute Gasteiger partial charge is 0.0175 e. The van der Waals surface area contributed by atoms with E-state index in [-0.39, 0.29) is 0 Å². The zero-order valence-corrected chi connectivity index (χ0v) is 12.3. The average Bonchev–Trinajstić information content (AvgIpc) is 2.81. The molecule has 1 aliphatic heterocycles. The second-order valence-corrected chi connectivity index (χ2v) is 6.51. The normalized spacial score (nSPS) is 27.4. The molecule has 2 heteroatoms. The monoisotopic (exact) mass is 305 g/mol. The predicted octanol–water partition coefficient (Wildman–Crippen LogP) is 3.89. The molecule has 0 amide bonds. The van der Waals surface area contributed by atoms with Crippen LogP contribution in [-0.4, -0.2) is 24.5 Å². The number of hydrogen-bond donors (Lipinski definition) is 0. The van der Waals surface area contributed by atoms with Crippen molar-refractivity contribution < 1.29 is 0 Å². The fourth-order valence-corrected chi connectivity index (χ4v) is 3.50. The maximum absolute atomic E-state index is 3.49. The molecule has 0 radical (unpaired) electrons. The number of allylic oxidation sites excluding steroid dienone is 2. The summed E-state index contributed by atoms with van der Waals surface area (Å²) in [5, 5.41) is 0. The fraction of sp³-hybridized carbons (Fsp3) is 0.500. The number of hydrogen-bond acceptors (Lipinski definition) is 1. The second kappa shape index (κ2) is 5.58. The van der Waals surface area contributed by atoms with E-state index in [9.17, 15) is 0 Å². The first-order valence-electron chi connectivity index (χ1n) is 6.93. The van der Waals surface area contributed by atoms with Gasteiger partial charge in [0.1, 0.15) is 0 Å². The van der Waals surface area contributed by atoms with Crippen LogP contribution in [0.5, 0.6) is 0 Å². The topological polar surface area (TPSA) is 3.24 Å². The SMILES string of the molecule is Brc1ccc(CCN2C[C@H]3CC=CC[C@H]3C2)cc1. The van der Waals surface area contributed by atoms with E-state index in [0.717, 1.165) is 11.8 Å². The standard InChI is InChI=1S/C16H20BrN/c17-16-7-5-13(6-8-16)9-10-18-11-14-3-1-2-4-15(14)12-18/h1-2,5-8,14-15H,3-4,9-12H2/t14-,15+. The molecule has 0 N–H and O–H groups in total. The molecule has 1 nitrogen and oxygen atoms in total. The van der Waals surface area contributed by atoms with Crippen molar-refractivity contribution in [2.24, 2.45) is 11.8 Å². The number of rotatable bonds is 3. The molecule has 0 unspecified atom stereocenters. The van der Waals surface area contributed by atoms with Crippen molar-refractivity contribution in [3.05, 3.63) is 46.5 Å². The van der Waals surface area contributed by atoms with Crippen molar-refractivity contribution in [2.45, 2.75) is 19.3 Å². The van der Waals surface area contributed by atoms with Gasteiger partial charge in [-0.3, -0.25) is 0 Å². The molecule has 0 bridgehead atoms. The zero-order valence-electron chi connectivity index (χ0n) is 10.7. The summed E-state index contributed by atoms with van der Waals surface area (Å²) in [5.74, 6) is 1.86. The van der Waals surface area contributed by atoms with E-state index in [1.165, 1.54) is 48.9 Å². The molecule has 96 valence electrons. The van der Waals surface area contributed by atoms with Gasteiger partial charge in [0.15, 0.2) is 0 Å². The lowest BCUT2D eigenvalue weighted by Crippen LogP contribution is -2.23. The number of likely N-dealkylation sites (tertiary alicyclic amines) is 1. The molecule has 0 spiro atoms. The Morgan fingerprint density at radius 1 is 1.00 bits per heavy atom. The Kier molecular flexibility index (Phi) is 3.86. The summed E-state index contributed by atoms with van der Waals surface area (Å²) >= 11 is 3.49. The van der Waals surface area contributed by atoms with Gasteiger partial charge in [0, 0.05) is 24.1 Å². The summed E-state index contributed by atoms with van der Waals surface area (Å²) in [7, 11) is 0. The third kappa shape index (κ3) is 2.86. The molecule has 0 saturated carbocycles. The summed E-state index contributed by atoms with van der Waals surface area (Å²) in [6.45, 7) is 3.84. The van der Waals surface area contributed by atoms with Crippen molar-refractivity contribution in [1.29, 1.82) is 0 Å². The van der Waals surface area contributed by atoms with E-state index < -0.39 is 0 Å². The number of halogens is 1. The van der Waals surface area contributed by atoms with Gasteiger partial charge in [0.05, 0.1) is 0 Å². The Balaban J connectivity index is 1.51. The van der Waals surface area contributed by atoms with E-state index in [2.05, 4.69) is 57.2 Å². The Morgan fingerprint density at radius 3 is 2.22 bits per heavy atom. The number of benzene rings is 1. The van der Waals surface area contributed by atoms with Crippen LogP contribution in [0.3, 0.4) is 0 Å². The summed E-state index contributed by atoms with van der Waals surface area (Å²) in [5.41, 5.74) is 1.45. The summed E-state index contributed by atoms with van der Waals surface area (Å²) in [6, 6.07) is 8.75. The van der Waals surface area contributed by atoms with Crippen LogP contribution >= 0.6 is 15.9 Å². The molecule has 0 aromatic heterocycles. The van der Waals surface area contributed by atoms with Gasteiger partial charge in [-0.05, 0) is 48.8 Å². The molecule has 1 fully saturated rings. The summed E-state index contributed by atoms with van der Waals surface area (Å²) < 4.78 is 1.17. The van der Waals surface area contributed by atoms with Crippen LogP contribution < -0.4 is 0 Å². The molecule has 3 rings (SSSR count). The van der Waals surface area contributed by atoms with Gasteiger partial charge >= 0.3 is 0 Å². The molecule has 2 atom stereocenters. The summed E-state index contributed by atoms with van der Waals surface area (Å²) in [6.07, 6.45) is 8.54. The Hall–Kier alpha value is -0.600. The van der Waals surface area contributed by atoms with Crippen LogP contribution in [0.2, 0.25) is 0 Å². The zero-order chi connectivity index (χ0) is 12.4. The van der Waals surface area contributed by atoms with E-state index in [0.29, 0.717) is 0 Å². The van der Waals surface area contributed by atoms with E-state index in [1.54, 1.807) is 0 Å². The van der Waals surface area contributed by atoms with Crippen molar-refractivity contribution in [1.82, 2.24) is 4.90 Å². The van der Waals surface area contributed by atoms with Gasteiger partial charge in [0.2, 0.25) is 0 Å². The number of nitrogens with zero attached hydrogens (tertiary/aromatic N) is 1. The average molecular weight is 306 g/mol. The molecule has 1 heterocycles. The minimum absolute atomic E-state index is 0.930. The van der Waals surface area contributed by atoms with Gasteiger partial charge in [-0.25, -0.2) is 0 Å². The largest absolute Gasteiger partial charge is 0.302 e. The van der Waals surface area contributed by atoms with Crippen LogP contribution in [0, 0.1) is 11.8 Å². The van der Waals surface area contributed by atoms with Crippen molar-refractivity contribution >= 4 is 15.9 Å². The third-order valence-corrected chi connectivity index (χ3v) is 4.86. The van der Waals surface area contributed by atoms with Gasteiger partial charge in [-0.15, -0.1) is 0 Å². The lowest BCUT2D eigenvalue weighted by atomic mass is 9.86. The molecule has 1 aromatic carbocycles. The first kappa shape index (κ1) is 12.4. The first-order valence-corrected chi connectivity index (χ1v) is 7.72. The van der Waals surface area contributed by atoms with Crippen molar-refractivity contribution in [3.63, 3.8) is 0 Å². The van der Waals surface area contributed by atoms with E-state index in [4.69, 9.17) is 0 Å². The lowest BCUT2D eigenvalue weighted by molar-refractivity contribution is 0.326. The van der Waals surface area contributed by atoms with Crippen LogP contribution in [-0.2, 0) is 6.42 Å². The first-order chi connectivity index (χ1) is 8.81. The third-order valence-electron chi connectivity index (χ3n) is 4.33. The minimum atomic E-state index is 0.930. The molecular weight excluding hydrogens is 286 g/mol. The highest BCUT2D eigenvalue weighted by molar-refractivity contribution is 9.10. The molecule has 1 aromatic rings. The van der Waals surface area contributed by atoms with Crippen LogP contribution in [0.4, 0.5) is 0 Å². The highest BCUT2D eigenvalue weighted by atomic mass is 79.9. The number of fused-ring (bicyclic) bond motifs is 1. The molecular formula is C16H20BrN. The predicted molar refractivity (Wildman–Crippen MR) is 79.6 cm³/mol. The van der Waals surface area contributed by atoms with Gasteiger partial charge in [-0.2, -0.15) is 0 Å². The van der Waals surface area contributed by atoms with E-state index in [1.807, 2.05) is 0 Å². The Labute approximate surface area is 118 Å².